The first-order chi connectivity index (χ1) is 13.0. The highest BCUT2D eigenvalue weighted by Gasteiger charge is 2.14. The summed E-state index contributed by atoms with van der Waals surface area (Å²) in [7, 11) is 0. The van der Waals surface area contributed by atoms with E-state index in [9.17, 15) is 14.7 Å². The zero-order valence-electron chi connectivity index (χ0n) is 15.0. The Morgan fingerprint density at radius 3 is 2.74 bits per heavy atom. The molecule has 0 aliphatic carbocycles. The maximum Gasteiger partial charge on any atom is 0.310 e. The number of rotatable bonds is 7. The standard InChI is InChI=1S/C21H21NO5/c1-14(15-5-3-2-4-6-15)11-22-20(24)13-27-21(25)9-16-12-26-19-10-17(23)7-8-18(16)19/h2-8,10,12,14,23H,9,11,13H2,1H3,(H,22,24)/t14-/m1/s1. The van der Waals surface area contributed by atoms with Crippen molar-refractivity contribution in [2.24, 2.45) is 0 Å². The summed E-state index contributed by atoms with van der Waals surface area (Å²) in [5.41, 5.74) is 2.27. The number of ether oxygens (including phenoxy) is 1. The minimum atomic E-state index is -0.517. The average molecular weight is 367 g/mol. The van der Waals surface area contributed by atoms with Crippen molar-refractivity contribution in [3.63, 3.8) is 0 Å². The fraction of sp³-hybridized carbons (Fsp3) is 0.238. The molecule has 0 saturated heterocycles. The molecule has 6 heteroatoms. The van der Waals surface area contributed by atoms with Crippen LogP contribution < -0.4 is 5.32 Å². The normalized spacial score (nSPS) is 11.9. The Bertz CT molecular complexity index is 932. The van der Waals surface area contributed by atoms with Crippen LogP contribution in [0.1, 0.15) is 24.0 Å². The number of hydrogen-bond acceptors (Lipinski definition) is 5. The van der Waals surface area contributed by atoms with Crippen molar-refractivity contribution in [3.8, 4) is 5.75 Å². The lowest BCUT2D eigenvalue weighted by Gasteiger charge is -2.13. The Morgan fingerprint density at radius 2 is 1.96 bits per heavy atom. The molecule has 3 aromatic rings. The molecule has 2 N–H and O–H groups in total. The molecule has 0 bridgehead atoms. The van der Waals surface area contributed by atoms with Gasteiger partial charge in [0.15, 0.2) is 6.61 Å². The number of hydrogen-bond donors (Lipinski definition) is 2. The number of phenols is 1. The van der Waals surface area contributed by atoms with Crippen molar-refractivity contribution < 1.29 is 23.8 Å². The molecule has 0 spiro atoms. The topological polar surface area (TPSA) is 88.8 Å². The minimum absolute atomic E-state index is 0.00846. The Balaban J connectivity index is 1.45. The van der Waals surface area contributed by atoms with Crippen molar-refractivity contribution in [3.05, 3.63) is 65.9 Å². The van der Waals surface area contributed by atoms with Crippen LogP contribution in [-0.2, 0) is 20.7 Å². The Morgan fingerprint density at radius 1 is 1.19 bits per heavy atom. The predicted octanol–water partition coefficient (Wildman–Crippen LogP) is 3.14. The van der Waals surface area contributed by atoms with Gasteiger partial charge in [-0.05, 0) is 23.6 Å². The summed E-state index contributed by atoms with van der Waals surface area (Å²) in [5.74, 6) is -0.600. The third kappa shape index (κ3) is 4.88. The second-order valence-corrected chi connectivity index (χ2v) is 6.39. The molecule has 0 fully saturated rings. The molecule has 1 heterocycles. The van der Waals surface area contributed by atoms with Gasteiger partial charge in [-0.15, -0.1) is 0 Å². The Labute approximate surface area is 156 Å². The number of carbonyl (C=O) groups is 2. The predicted molar refractivity (Wildman–Crippen MR) is 100 cm³/mol. The van der Waals surface area contributed by atoms with E-state index in [0.29, 0.717) is 17.7 Å². The number of fused-ring (bicyclic) bond motifs is 1. The van der Waals surface area contributed by atoms with Crippen LogP contribution >= 0.6 is 0 Å². The van der Waals surface area contributed by atoms with Gasteiger partial charge in [0.2, 0.25) is 0 Å². The molecular weight excluding hydrogens is 346 g/mol. The summed E-state index contributed by atoms with van der Waals surface area (Å²) in [6, 6.07) is 14.5. The van der Waals surface area contributed by atoms with Gasteiger partial charge in [-0.3, -0.25) is 9.59 Å². The third-order valence-corrected chi connectivity index (χ3v) is 4.31. The van der Waals surface area contributed by atoms with Crippen molar-refractivity contribution >= 4 is 22.8 Å². The van der Waals surface area contributed by atoms with E-state index in [1.807, 2.05) is 37.3 Å². The van der Waals surface area contributed by atoms with Gasteiger partial charge in [-0.1, -0.05) is 37.3 Å². The molecule has 0 aliphatic heterocycles. The molecular formula is C21H21NO5. The van der Waals surface area contributed by atoms with Gasteiger partial charge in [0.1, 0.15) is 11.3 Å². The highest BCUT2D eigenvalue weighted by molar-refractivity contribution is 5.87. The summed E-state index contributed by atoms with van der Waals surface area (Å²) in [6.45, 7) is 2.16. The van der Waals surface area contributed by atoms with E-state index in [-0.39, 0.29) is 30.6 Å². The molecule has 1 aromatic heterocycles. The monoisotopic (exact) mass is 367 g/mol. The smallest absolute Gasteiger partial charge is 0.310 e. The Hall–Kier alpha value is -3.28. The lowest BCUT2D eigenvalue weighted by atomic mass is 10.0. The number of benzene rings is 2. The van der Waals surface area contributed by atoms with E-state index in [1.165, 1.54) is 18.4 Å². The largest absolute Gasteiger partial charge is 0.508 e. The highest BCUT2D eigenvalue weighted by Crippen LogP contribution is 2.25. The maximum atomic E-state index is 12.0. The first-order valence-electron chi connectivity index (χ1n) is 8.69. The maximum absolute atomic E-state index is 12.0. The van der Waals surface area contributed by atoms with Gasteiger partial charge >= 0.3 is 5.97 Å². The molecule has 3 rings (SSSR count). The first-order valence-corrected chi connectivity index (χ1v) is 8.69. The number of aromatic hydroxyl groups is 1. The van der Waals surface area contributed by atoms with Crippen LogP contribution in [0.4, 0.5) is 0 Å². The molecule has 0 unspecified atom stereocenters. The lowest BCUT2D eigenvalue weighted by Crippen LogP contribution is -2.31. The molecule has 140 valence electrons. The van der Waals surface area contributed by atoms with E-state index >= 15 is 0 Å². The van der Waals surface area contributed by atoms with E-state index < -0.39 is 5.97 Å². The van der Waals surface area contributed by atoms with Gasteiger partial charge < -0.3 is 19.6 Å². The molecule has 0 saturated carbocycles. The summed E-state index contributed by atoms with van der Waals surface area (Å²) >= 11 is 0. The van der Waals surface area contributed by atoms with Crippen molar-refractivity contribution in [2.45, 2.75) is 19.3 Å². The lowest BCUT2D eigenvalue weighted by molar-refractivity contribution is -0.147. The molecule has 1 amide bonds. The number of esters is 1. The van der Waals surface area contributed by atoms with E-state index in [2.05, 4.69) is 5.32 Å². The van der Waals surface area contributed by atoms with Crippen LogP contribution in [0.3, 0.4) is 0 Å². The first kappa shape index (κ1) is 18.5. The van der Waals surface area contributed by atoms with Crippen LogP contribution in [0, 0.1) is 0 Å². The summed E-state index contributed by atoms with van der Waals surface area (Å²) in [4.78, 5) is 23.9. The van der Waals surface area contributed by atoms with Gasteiger partial charge in [-0.25, -0.2) is 0 Å². The van der Waals surface area contributed by atoms with Gasteiger partial charge in [0.05, 0.1) is 12.7 Å². The number of amides is 1. The van der Waals surface area contributed by atoms with E-state index in [0.717, 1.165) is 10.9 Å². The third-order valence-electron chi connectivity index (χ3n) is 4.31. The van der Waals surface area contributed by atoms with Gasteiger partial charge in [0, 0.05) is 23.6 Å². The van der Waals surface area contributed by atoms with Crippen LogP contribution in [0.2, 0.25) is 0 Å². The zero-order chi connectivity index (χ0) is 19.2. The highest BCUT2D eigenvalue weighted by atomic mass is 16.5. The van der Waals surface area contributed by atoms with Crippen LogP contribution in [0.5, 0.6) is 5.75 Å². The summed E-state index contributed by atoms with van der Waals surface area (Å²) in [6.07, 6.45) is 1.44. The fourth-order valence-electron chi connectivity index (χ4n) is 2.78. The second kappa shape index (κ2) is 8.40. The van der Waals surface area contributed by atoms with Crippen molar-refractivity contribution in [1.29, 1.82) is 0 Å². The van der Waals surface area contributed by atoms with Gasteiger partial charge in [0.25, 0.3) is 5.91 Å². The van der Waals surface area contributed by atoms with Crippen LogP contribution in [0.15, 0.2) is 59.2 Å². The molecule has 27 heavy (non-hydrogen) atoms. The second-order valence-electron chi connectivity index (χ2n) is 6.39. The molecule has 1 atom stereocenters. The Kier molecular flexibility index (Phi) is 5.76. The van der Waals surface area contributed by atoms with Crippen LogP contribution in [0.25, 0.3) is 11.0 Å². The molecule has 2 aromatic carbocycles. The minimum Gasteiger partial charge on any atom is -0.508 e. The van der Waals surface area contributed by atoms with Crippen molar-refractivity contribution in [2.75, 3.05) is 13.2 Å². The summed E-state index contributed by atoms with van der Waals surface area (Å²) < 4.78 is 10.4. The molecule has 6 nitrogen and oxygen atoms in total. The summed E-state index contributed by atoms with van der Waals surface area (Å²) in [5, 5.41) is 12.9. The fourth-order valence-corrected chi connectivity index (χ4v) is 2.78. The molecule has 0 radical (unpaired) electrons. The SMILES string of the molecule is C[C@H](CNC(=O)COC(=O)Cc1coc2cc(O)ccc12)c1ccccc1. The van der Waals surface area contributed by atoms with E-state index in [1.54, 1.807) is 6.07 Å². The van der Waals surface area contributed by atoms with E-state index in [4.69, 9.17) is 9.15 Å². The number of nitrogens with one attached hydrogen (secondary N) is 1. The number of furan rings is 1. The number of phenolic OH excluding ortho intramolecular Hbond substituents is 1. The quantitative estimate of drug-likeness (QED) is 0.626. The van der Waals surface area contributed by atoms with Gasteiger partial charge in [-0.2, -0.15) is 0 Å². The molecule has 0 aliphatic rings. The van der Waals surface area contributed by atoms with Crippen LogP contribution in [-0.4, -0.2) is 30.1 Å². The zero-order valence-corrected chi connectivity index (χ0v) is 15.0. The van der Waals surface area contributed by atoms with Crippen molar-refractivity contribution in [1.82, 2.24) is 5.32 Å². The number of carbonyl (C=O) groups excluding carboxylic acids is 2. The average Bonchev–Trinajstić information content (AvgIpc) is 3.06.